The minimum atomic E-state index is -0.538. The molecular formula is C23H18N4O5. The maximum absolute atomic E-state index is 12.7. The van der Waals surface area contributed by atoms with Crippen LogP contribution >= 0.6 is 0 Å². The number of imide groups is 1. The molecule has 1 saturated heterocycles. The number of hydrogen-bond donors (Lipinski definition) is 1. The van der Waals surface area contributed by atoms with Crippen molar-refractivity contribution in [3.63, 3.8) is 0 Å². The second-order valence-electron chi connectivity index (χ2n) is 7.15. The zero-order valence-corrected chi connectivity index (χ0v) is 17.0. The number of rotatable bonds is 6. The molecule has 3 aromatic rings. The Morgan fingerprint density at radius 3 is 2.41 bits per heavy atom. The van der Waals surface area contributed by atoms with E-state index in [2.05, 4.69) is 10.3 Å². The molecule has 1 aliphatic rings. The number of aryl methyl sites for hydroxylation is 1. The van der Waals surface area contributed by atoms with Crippen LogP contribution in [0.2, 0.25) is 0 Å². The van der Waals surface area contributed by atoms with Crippen molar-refractivity contribution in [2.75, 3.05) is 0 Å². The van der Waals surface area contributed by atoms with Crippen molar-refractivity contribution >= 4 is 23.7 Å². The van der Waals surface area contributed by atoms with E-state index in [4.69, 9.17) is 4.74 Å². The predicted molar refractivity (Wildman–Crippen MR) is 116 cm³/mol. The van der Waals surface area contributed by atoms with Crippen LogP contribution in [0.1, 0.15) is 16.7 Å². The van der Waals surface area contributed by atoms with Gasteiger partial charge in [-0.15, -0.1) is 0 Å². The van der Waals surface area contributed by atoms with Gasteiger partial charge in [-0.3, -0.25) is 19.8 Å². The monoisotopic (exact) mass is 430 g/mol. The zero-order chi connectivity index (χ0) is 22.7. The second-order valence-corrected chi connectivity index (χ2v) is 7.15. The van der Waals surface area contributed by atoms with E-state index in [1.807, 2.05) is 31.2 Å². The third kappa shape index (κ3) is 4.62. The molecule has 0 unspecified atom stereocenters. The van der Waals surface area contributed by atoms with Gasteiger partial charge >= 0.3 is 6.03 Å². The molecule has 1 N–H and O–H groups in total. The zero-order valence-electron chi connectivity index (χ0n) is 17.0. The number of nitrogens with one attached hydrogen (secondary N) is 1. The lowest BCUT2D eigenvalue weighted by Gasteiger charge is -2.11. The average Bonchev–Trinajstić information content (AvgIpc) is 3.04. The summed E-state index contributed by atoms with van der Waals surface area (Å²) in [6.07, 6.45) is 2.70. The van der Waals surface area contributed by atoms with Crippen molar-refractivity contribution in [1.82, 2.24) is 15.2 Å². The molecule has 9 nitrogen and oxygen atoms in total. The van der Waals surface area contributed by atoms with Gasteiger partial charge < -0.3 is 10.1 Å². The number of urea groups is 1. The summed E-state index contributed by atoms with van der Waals surface area (Å²) >= 11 is 0. The molecule has 3 amide bonds. The van der Waals surface area contributed by atoms with Crippen molar-refractivity contribution in [1.29, 1.82) is 0 Å². The number of nitrogens with zero attached hydrogens (tertiary/aromatic N) is 3. The first kappa shape index (κ1) is 20.7. The van der Waals surface area contributed by atoms with Crippen LogP contribution < -0.4 is 10.1 Å². The Morgan fingerprint density at radius 1 is 1.06 bits per heavy atom. The Bertz CT molecular complexity index is 1200. The fourth-order valence-corrected chi connectivity index (χ4v) is 3.05. The average molecular weight is 430 g/mol. The molecule has 4 rings (SSSR count). The standard InChI is InChI=1S/C23H18N4O5/c1-15-2-4-17(5-3-15)14-26-22(28)20(25-23(26)29)12-16-6-9-19(10-7-16)32-21-11-8-18(13-24-21)27(30)31/h2-13H,14H2,1H3,(H,25,29)/b20-12+. The summed E-state index contributed by atoms with van der Waals surface area (Å²) in [7, 11) is 0. The maximum atomic E-state index is 12.7. The van der Waals surface area contributed by atoms with Crippen LogP contribution in [0.3, 0.4) is 0 Å². The molecule has 1 fully saturated rings. The van der Waals surface area contributed by atoms with E-state index < -0.39 is 16.9 Å². The minimum Gasteiger partial charge on any atom is -0.439 e. The highest BCUT2D eigenvalue weighted by molar-refractivity contribution is 6.13. The largest absolute Gasteiger partial charge is 0.439 e. The number of carbonyl (C=O) groups is 2. The maximum Gasteiger partial charge on any atom is 0.329 e. The number of pyridine rings is 1. The summed E-state index contributed by atoms with van der Waals surface area (Å²) in [5.74, 6) is 0.286. The number of benzene rings is 2. The van der Waals surface area contributed by atoms with Crippen LogP contribution in [0.15, 0.2) is 72.6 Å². The van der Waals surface area contributed by atoms with Gasteiger partial charge in [-0.1, -0.05) is 42.0 Å². The van der Waals surface area contributed by atoms with Crippen LogP contribution in [-0.4, -0.2) is 26.7 Å². The summed E-state index contributed by atoms with van der Waals surface area (Å²) in [5, 5.41) is 13.3. The lowest BCUT2D eigenvalue weighted by Crippen LogP contribution is -2.30. The van der Waals surface area contributed by atoms with Crippen LogP contribution in [0.5, 0.6) is 11.6 Å². The number of carbonyl (C=O) groups excluding carboxylic acids is 2. The molecule has 1 aliphatic heterocycles. The van der Waals surface area contributed by atoms with Crippen LogP contribution in [0.4, 0.5) is 10.5 Å². The van der Waals surface area contributed by atoms with Crippen LogP contribution in [0, 0.1) is 17.0 Å². The highest BCUT2D eigenvalue weighted by atomic mass is 16.6. The second kappa shape index (κ2) is 8.68. The Morgan fingerprint density at radius 2 is 1.78 bits per heavy atom. The van der Waals surface area contributed by atoms with E-state index >= 15 is 0 Å². The summed E-state index contributed by atoms with van der Waals surface area (Å²) in [4.78, 5) is 40.1. The van der Waals surface area contributed by atoms with Gasteiger partial charge in [-0.05, 0) is 36.3 Å². The molecule has 2 heterocycles. The molecule has 0 bridgehead atoms. The molecule has 9 heteroatoms. The fourth-order valence-electron chi connectivity index (χ4n) is 3.05. The van der Waals surface area contributed by atoms with Crippen molar-refractivity contribution in [2.45, 2.75) is 13.5 Å². The van der Waals surface area contributed by atoms with Gasteiger partial charge in [-0.25, -0.2) is 9.78 Å². The first-order valence-corrected chi connectivity index (χ1v) is 9.67. The number of hydrogen-bond acceptors (Lipinski definition) is 6. The lowest BCUT2D eigenvalue weighted by molar-refractivity contribution is -0.385. The van der Waals surface area contributed by atoms with Crippen molar-refractivity contribution < 1.29 is 19.2 Å². The van der Waals surface area contributed by atoms with E-state index in [9.17, 15) is 19.7 Å². The van der Waals surface area contributed by atoms with Gasteiger partial charge in [0.15, 0.2) is 0 Å². The number of ether oxygens (including phenoxy) is 1. The van der Waals surface area contributed by atoms with Gasteiger partial charge in [0.1, 0.15) is 17.6 Å². The normalized spacial score (nSPS) is 14.5. The third-order valence-corrected chi connectivity index (χ3v) is 4.77. The molecular weight excluding hydrogens is 412 g/mol. The summed E-state index contributed by atoms with van der Waals surface area (Å²) in [6.45, 7) is 2.16. The quantitative estimate of drug-likeness (QED) is 0.271. The van der Waals surface area contributed by atoms with Gasteiger partial charge in [0.2, 0.25) is 5.88 Å². The van der Waals surface area contributed by atoms with E-state index in [1.54, 1.807) is 30.3 Å². The van der Waals surface area contributed by atoms with Crippen LogP contribution in [-0.2, 0) is 11.3 Å². The molecule has 160 valence electrons. The van der Waals surface area contributed by atoms with Gasteiger partial charge in [0.05, 0.1) is 11.5 Å². The van der Waals surface area contributed by atoms with Crippen molar-refractivity contribution in [3.8, 4) is 11.6 Å². The minimum absolute atomic E-state index is 0.126. The highest BCUT2D eigenvalue weighted by Gasteiger charge is 2.33. The van der Waals surface area contributed by atoms with Crippen molar-refractivity contribution in [3.05, 3.63) is 99.4 Å². The number of nitro groups is 1. The van der Waals surface area contributed by atoms with Gasteiger partial charge in [0.25, 0.3) is 11.6 Å². The molecule has 0 spiro atoms. The van der Waals surface area contributed by atoms with E-state index in [1.165, 1.54) is 12.1 Å². The number of aromatic nitrogens is 1. The van der Waals surface area contributed by atoms with E-state index in [0.717, 1.165) is 22.2 Å². The SMILES string of the molecule is Cc1ccc(CN2C(=O)N/C(=C/c3ccc(Oc4ccc([N+](=O)[O-])cn4)cc3)C2=O)cc1. The van der Waals surface area contributed by atoms with Gasteiger partial charge in [-0.2, -0.15) is 0 Å². The molecule has 0 radical (unpaired) electrons. The topological polar surface area (TPSA) is 115 Å². The molecule has 1 aromatic heterocycles. The lowest BCUT2D eigenvalue weighted by atomic mass is 10.1. The van der Waals surface area contributed by atoms with Gasteiger partial charge in [0, 0.05) is 12.1 Å². The first-order valence-electron chi connectivity index (χ1n) is 9.67. The molecule has 32 heavy (non-hydrogen) atoms. The Hall–Kier alpha value is -4.53. The van der Waals surface area contributed by atoms with E-state index in [-0.39, 0.29) is 23.8 Å². The molecule has 0 aliphatic carbocycles. The Balaban J connectivity index is 1.43. The predicted octanol–water partition coefficient (Wildman–Crippen LogP) is 4.18. The highest BCUT2D eigenvalue weighted by Crippen LogP contribution is 2.23. The molecule has 0 saturated carbocycles. The molecule has 2 aromatic carbocycles. The van der Waals surface area contributed by atoms with Crippen molar-refractivity contribution in [2.24, 2.45) is 0 Å². The smallest absolute Gasteiger partial charge is 0.329 e. The summed E-state index contributed by atoms with van der Waals surface area (Å²) < 4.78 is 5.57. The number of amides is 3. The third-order valence-electron chi connectivity index (χ3n) is 4.77. The summed E-state index contributed by atoms with van der Waals surface area (Å²) in [6, 6.07) is 16.6. The Labute approximate surface area is 183 Å². The Kier molecular flexibility index (Phi) is 5.63. The first-order chi connectivity index (χ1) is 15.4. The van der Waals surface area contributed by atoms with E-state index in [0.29, 0.717) is 11.3 Å². The fraction of sp³-hybridized carbons (Fsp3) is 0.0870. The van der Waals surface area contributed by atoms with Crippen LogP contribution in [0.25, 0.3) is 6.08 Å². The molecule has 0 atom stereocenters. The summed E-state index contributed by atoms with van der Waals surface area (Å²) in [5.41, 5.74) is 2.71.